The molecule has 4 heteroatoms. The Hall–Kier alpha value is -2.20. The highest BCUT2D eigenvalue weighted by atomic mass is 16.3. The van der Waals surface area contributed by atoms with Crippen molar-refractivity contribution in [3.8, 4) is 0 Å². The third kappa shape index (κ3) is 4.67. The van der Waals surface area contributed by atoms with Crippen LogP contribution < -0.4 is 0 Å². The number of benzene rings is 1. The van der Waals surface area contributed by atoms with Gasteiger partial charge in [-0.2, -0.15) is 0 Å². The van der Waals surface area contributed by atoms with E-state index >= 15 is 0 Å². The van der Waals surface area contributed by atoms with Crippen LogP contribution >= 0.6 is 0 Å². The Morgan fingerprint density at radius 2 is 1.91 bits per heavy atom. The number of hydrogen-bond donors (Lipinski definition) is 0. The van der Waals surface area contributed by atoms with Crippen molar-refractivity contribution in [2.24, 2.45) is 0 Å². The maximum atomic E-state index is 11.3. The molecule has 0 saturated heterocycles. The zero-order valence-electron chi connectivity index (χ0n) is 12.8. The Labute approximate surface area is 130 Å². The van der Waals surface area contributed by atoms with Crippen molar-refractivity contribution >= 4 is 12.1 Å². The quantitative estimate of drug-likeness (QED) is 0.404. The molecule has 2 aromatic rings. The number of carbonyl (C=O) groups is 2. The second-order valence-electron chi connectivity index (χ2n) is 5.30. The average Bonchev–Trinajstić information content (AvgIpc) is 3.01. The molecule has 1 aromatic heterocycles. The van der Waals surface area contributed by atoms with E-state index in [1.165, 1.54) is 5.56 Å². The van der Waals surface area contributed by atoms with Gasteiger partial charge in [0.1, 0.15) is 5.76 Å². The number of furan rings is 1. The predicted molar refractivity (Wildman–Crippen MR) is 84.6 cm³/mol. The fourth-order valence-corrected chi connectivity index (χ4v) is 2.31. The summed E-state index contributed by atoms with van der Waals surface area (Å²) in [6.07, 6.45) is 2.51. The van der Waals surface area contributed by atoms with Gasteiger partial charge in [0.25, 0.3) is 5.78 Å². The summed E-state index contributed by atoms with van der Waals surface area (Å²) in [6, 6.07) is 13.6. The number of ketones is 1. The van der Waals surface area contributed by atoms with Gasteiger partial charge in [0, 0.05) is 6.54 Å². The first kappa shape index (κ1) is 16.2. The van der Waals surface area contributed by atoms with Gasteiger partial charge in [0.2, 0.25) is 0 Å². The molecule has 22 heavy (non-hydrogen) atoms. The van der Waals surface area contributed by atoms with Crippen molar-refractivity contribution in [1.29, 1.82) is 0 Å². The van der Waals surface area contributed by atoms with Crippen molar-refractivity contribution in [2.75, 3.05) is 6.54 Å². The van der Waals surface area contributed by atoms with Gasteiger partial charge in [-0.15, -0.1) is 0 Å². The van der Waals surface area contributed by atoms with Crippen LogP contribution in [0.4, 0.5) is 0 Å². The molecule has 0 N–H and O–H groups in total. The first-order valence-corrected chi connectivity index (χ1v) is 7.57. The summed E-state index contributed by atoms with van der Waals surface area (Å²) in [6.45, 7) is 4.58. The van der Waals surface area contributed by atoms with E-state index in [0.29, 0.717) is 12.3 Å². The van der Waals surface area contributed by atoms with Gasteiger partial charge in [0.05, 0.1) is 6.54 Å². The highest BCUT2D eigenvalue weighted by Gasteiger charge is 2.13. The van der Waals surface area contributed by atoms with E-state index in [2.05, 4.69) is 24.0 Å². The van der Waals surface area contributed by atoms with Gasteiger partial charge in [-0.05, 0) is 30.7 Å². The Morgan fingerprint density at radius 3 is 2.59 bits per heavy atom. The SMILES string of the molecule is CCCCN(Cc1ccccc1)Cc1ccc(C(=O)C=O)o1. The van der Waals surface area contributed by atoms with Crippen molar-refractivity contribution in [2.45, 2.75) is 32.9 Å². The minimum atomic E-state index is -0.616. The van der Waals surface area contributed by atoms with E-state index in [1.54, 1.807) is 12.1 Å². The summed E-state index contributed by atoms with van der Waals surface area (Å²) < 4.78 is 5.46. The van der Waals surface area contributed by atoms with Gasteiger partial charge < -0.3 is 4.42 Å². The molecule has 2 rings (SSSR count). The summed E-state index contributed by atoms with van der Waals surface area (Å²) in [5, 5.41) is 0. The molecule has 0 spiro atoms. The topological polar surface area (TPSA) is 50.5 Å². The summed E-state index contributed by atoms with van der Waals surface area (Å²) in [5.41, 5.74) is 1.24. The van der Waals surface area contributed by atoms with Crippen LogP contribution in [-0.4, -0.2) is 23.5 Å². The van der Waals surface area contributed by atoms with Crippen molar-refractivity contribution in [1.82, 2.24) is 4.90 Å². The van der Waals surface area contributed by atoms with Crippen LogP contribution in [0.15, 0.2) is 46.9 Å². The Morgan fingerprint density at radius 1 is 1.14 bits per heavy atom. The van der Waals surface area contributed by atoms with Gasteiger partial charge in [-0.3, -0.25) is 14.5 Å². The number of carbonyl (C=O) groups excluding carboxylic acids is 2. The molecule has 0 amide bonds. The van der Waals surface area contributed by atoms with Crippen molar-refractivity contribution in [3.05, 3.63) is 59.5 Å². The monoisotopic (exact) mass is 299 g/mol. The number of aldehydes is 1. The molecule has 0 atom stereocenters. The van der Waals surface area contributed by atoms with Crippen LogP contribution in [0.5, 0.6) is 0 Å². The number of hydrogen-bond acceptors (Lipinski definition) is 4. The smallest absolute Gasteiger partial charge is 0.260 e. The molecule has 116 valence electrons. The van der Waals surface area contributed by atoms with Crippen molar-refractivity contribution in [3.63, 3.8) is 0 Å². The molecule has 0 radical (unpaired) electrons. The van der Waals surface area contributed by atoms with Gasteiger partial charge in [0.15, 0.2) is 12.0 Å². The molecule has 1 heterocycles. The molecule has 0 aliphatic carbocycles. The summed E-state index contributed by atoms with van der Waals surface area (Å²) in [4.78, 5) is 24.1. The van der Waals surface area contributed by atoms with Crippen LogP contribution in [0.1, 0.15) is 41.6 Å². The van der Waals surface area contributed by atoms with Gasteiger partial charge in [-0.25, -0.2) is 0 Å². The van der Waals surface area contributed by atoms with Gasteiger partial charge >= 0.3 is 0 Å². The number of Topliss-reactive ketones (excluding diaryl/α,β-unsaturated/α-hetero) is 1. The van der Waals surface area contributed by atoms with E-state index in [4.69, 9.17) is 4.42 Å². The standard InChI is InChI=1S/C18H21NO3/c1-2-3-11-19(12-15-7-5-4-6-8-15)13-16-9-10-18(22-16)17(21)14-20/h4-10,14H,2-3,11-13H2,1H3. The lowest BCUT2D eigenvalue weighted by Gasteiger charge is -2.21. The molecule has 0 aliphatic rings. The van der Waals surface area contributed by atoms with E-state index < -0.39 is 5.78 Å². The van der Waals surface area contributed by atoms with Crippen LogP contribution in [0.3, 0.4) is 0 Å². The van der Waals surface area contributed by atoms with Crippen molar-refractivity contribution < 1.29 is 14.0 Å². The number of rotatable bonds is 9. The van der Waals surface area contributed by atoms with Gasteiger partial charge in [-0.1, -0.05) is 43.7 Å². The molecular weight excluding hydrogens is 278 g/mol. The van der Waals surface area contributed by atoms with Crippen LogP contribution in [0, 0.1) is 0 Å². The maximum absolute atomic E-state index is 11.3. The lowest BCUT2D eigenvalue weighted by molar-refractivity contribution is -0.104. The van der Waals surface area contributed by atoms with E-state index in [-0.39, 0.29) is 12.0 Å². The maximum Gasteiger partial charge on any atom is 0.260 e. The van der Waals surface area contributed by atoms with E-state index in [1.807, 2.05) is 18.2 Å². The highest BCUT2D eigenvalue weighted by Crippen LogP contribution is 2.14. The third-order valence-electron chi connectivity index (χ3n) is 3.47. The van der Waals surface area contributed by atoms with Crippen LogP contribution in [0.2, 0.25) is 0 Å². The third-order valence-corrected chi connectivity index (χ3v) is 3.47. The second-order valence-corrected chi connectivity index (χ2v) is 5.30. The fourth-order valence-electron chi connectivity index (χ4n) is 2.31. The molecule has 0 saturated carbocycles. The molecule has 0 aliphatic heterocycles. The molecule has 4 nitrogen and oxygen atoms in total. The Balaban J connectivity index is 2.04. The minimum absolute atomic E-state index is 0.111. The normalized spacial score (nSPS) is 10.8. The molecule has 0 bridgehead atoms. The largest absolute Gasteiger partial charge is 0.456 e. The highest BCUT2D eigenvalue weighted by molar-refractivity contribution is 6.32. The summed E-state index contributed by atoms with van der Waals surface area (Å²) in [5.74, 6) is 0.201. The zero-order chi connectivity index (χ0) is 15.8. The summed E-state index contributed by atoms with van der Waals surface area (Å²) in [7, 11) is 0. The minimum Gasteiger partial charge on any atom is -0.456 e. The fraction of sp³-hybridized carbons (Fsp3) is 0.333. The number of nitrogens with zero attached hydrogens (tertiary/aromatic N) is 1. The predicted octanol–water partition coefficient (Wildman–Crippen LogP) is 3.46. The second kappa shape index (κ2) is 8.29. The lowest BCUT2D eigenvalue weighted by Crippen LogP contribution is -2.23. The summed E-state index contributed by atoms with van der Waals surface area (Å²) >= 11 is 0. The Bertz CT molecular complexity index is 604. The van der Waals surface area contributed by atoms with E-state index in [9.17, 15) is 9.59 Å². The first-order valence-electron chi connectivity index (χ1n) is 7.57. The first-order chi connectivity index (χ1) is 10.7. The number of unbranched alkanes of at least 4 members (excludes halogenated alkanes) is 1. The average molecular weight is 299 g/mol. The zero-order valence-corrected chi connectivity index (χ0v) is 12.8. The van der Waals surface area contributed by atoms with Crippen LogP contribution in [-0.2, 0) is 17.9 Å². The van der Waals surface area contributed by atoms with E-state index in [0.717, 1.165) is 25.9 Å². The molecule has 1 aromatic carbocycles. The molecule has 0 fully saturated rings. The molecule has 0 unspecified atom stereocenters. The Kier molecular flexibility index (Phi) is 6.10. The molecular formula is C18H21NO3. The lowest BCUT2D eigenvalue weighted by atomic mass is 10.2. The van der Waals surface area contributed by atoms with Crippen LogP contribution in [0.25, 0.3) is 0 Å².